The zero-order valence-corrected chi connectivity index (χ0v) is 14.7. The van der Waals surface area contributed by atoms with E-state index in [1.165, 1.54) is 12.7 Å². The summed E-state index contributed by atoms with van der Waals surface area (Å²) < 4.78 is 9.90. The number of thiocarbonyl (C=S) groups is 1. The zero-order valence-electron chi connectivity index (χ0n) is 13.9. The summed E-state index contributed by atoms with van der Waals surface area (Å²) >= 11 is 4.99. The van der Waals surface area contributed by atoms with Gasteiger partial charge in [-0.3, -0.25) is 20.4 Å². The van der Waals surface area contributed by atoms with Gasteiger partial charge in [-0.15, -0.1) is 0 Å². The van der Waals surface area contributed by atoms with Gasteiger partial charge in [0.2, 0.25) is 0 Å². The number of nitrogens with one attached hydrogen (secondary N) is 3. The average molecular weight is 353 g/mol. The van der Waals surface area contributed by atoms with E-state index < -0.39 is 0 Å². The minimum Gasteiger partial charge on any atom is -0.484 e. The molecule has 1 rings (SSSR count). The van der Waals surface area contributed by atoms with Crippen molar-refractivity contribution in [3.8, 4) is 5.75 Å². The number of amides is 1. The third-order valence-corrected chi connectivity index (χ3v) is 3.33. The monoisotopic (exact) mass is 353 g/mol. The summed E-state index contributed by atoms with van der Waals surface area (Å²) in [5, 5.41) is 3.13. The van der Waals surface area contributed by atoms with Crippen molar-refractivity contribution in [3.05, 3.63) is 29.8 Å². The van der Waals surface area contributed by atoms with Crippen LogP contribution < -0.4 is 20.9 Å². The Morgan fingerprint density at radius 3 is 2.50 bits per heavy atom. The lowest BCUT2D eigenvalue weighted by molar-refractivity contribution is -0.140. The first-order valence-corrected chi connectivity index (χ1v) is 8.07. The zero-order chi connectivity index (χ0) is 17.8. The summed E-state index contributed by atoms with van der Waals surface area (Å²) in [7, 11) is 1.34. The maximum atomic E-state index is 11.7. The molecule has 1 amide bonds. The van der Waals surface area contributed by atoms with Crippen LogP contribution in [0.5, 0.6) is 5.75 Å². The number of aryl methyl sites for hydroxylation is 1. The number of carbonyl (C=O) groups excluding carboxylic acids is 2. The van der Waals surface area contributed by atoms with Crippen molar-refractivity contribution in [1.29, 1.82) is 0 Å². The molecule has 0 aromatic heterocycles. The molecule has 0 saturated heterocycles. The molecule has 8 heteroatoms. The van der Waals surface area contributed by atoms with E-state index in [1.54, 1.807) is 0 Å². The number of hydrogen-bond donors (Lipinski definition) is 3. The molecule has 0 bridgehead atoms. The SMILES string of the molecule is CCc1ccc(OCC(=O)NNC(=S)NCCCC(=O)OC)cc1. The van der Waals surface area contributed by atoms with Crippen LogP contribution in [0.4, 0.5) is 0 Å². The molecular weight excluding hydrogens is 330 g/mol. The Balaban J connectivity index is 2.14. The highest BCUT2D eigenvalue weighted by atomic mass is 32.1. The Morgan fingerprint density at radius 1 is 1.17 bits per heavy atom. The molecule has 0 saturated carbocycles. The number of carbonyl (C=O) groups is 2. The van der Waals surface area contributed by atoms with Gasteiger partial charge >= 0.3 is 5.97 Å². The Morgan fingerprint density at radius 2 is 1.88 bits per heavy atom. The Labute approximate surface area is 147 Å². The summed E-state index contributed by atoms with van der Waals surface area (Å²) in [6.07, 6.45) is 1.84. The predicted molar refractivity (Wildman–Crippen MR) is 94.4 cm³/mol. The summed E-state index contributed by atoms with van der Waals surface area (Å²) in [6.45, 7) is 2.45. The van der Waals surface area contributed by atoms with Crippen molar-refractivity contribution >= 4 is 29.2 Å². The van der Waals surface area contributed by atoms with Crippen molar-refractivity contribution in [2.45, 2.75) is 26.2 Å². The van der Waals surface area contributed by atoms with E-state index in [1.807, 2.05) is 24.3 Å². The molecule has 0 spiro atoms. The Bertz CT molecular complexity index is 549. The van der Waals surface area contributed by atoms with Crippen molar-refractivity contribution in [2.24, 2.45) is 0 Å². The van der Waals surface area contributed by atoms with Gasteiger partial charge in [0, 0.05) is 13.0 Å². The van der Waals surface area contributed by atoms with Gasteiger partial charge in [-0.25, -0.2) is 0 Å². The van der Waals surface area contributed by atoms with E-state index in [9.17, 15) is 9.59 Å². The van der Waals surface area contributed by atoms with E-state index in [-0.39, 0.29) is 23.6 Å². The van der Waals surface area contributed by atoms with Crippen LogP contribution in [0.3, 0.4) is 0 Å². The number of methoxy groups -OCH3 is 1. The van der Waals surface area contributed by atoms with E-state index in [0.29, 0.717) is 25.1 Å². The second-order valence-corrected chi connectivity index (χ2v) is 5.30. The molecule has 0 aliphatic heterocycles. The Kier molecular flexibility index (Phi) is 9.21. The summed E-state index contributed by atoms with van der Waals surface area (Å²) in [5.41, 5.74) is 6.20. The number of hydrazine groups is 1. The maximum absolute atomic E-state index is 11.7. The smallest absolute Gasteiger partial charge is 0.305 e. The minimum absolute atomic E-state index is 0.122. The first-order valence-electron chi connectivity index (χ1n) is 7.66. The third-order valence-electron chi connectivity index (χ3n) is 3.09. The van der Waals surface area contributed by atoms with Crippen molar-refractivity contribution < 1.29 is 19.1 Å². The molecule has 24 heavy (non-hydrogen) atoms. The molecule has 0 unspecified atom stereocenters. The van der Waals surface area contributed by atoms with Crippen LogP contribution in [0.2, 0.25) is 0 Å². The second-order valence-electron chi connectivity index (χ2n) is 4.89. The van der Waals surface area contributed by atoms with Crippen LogP contribution in [0.1, 0.15) is 25.3 Å². The quantitative estimate of drug-likeness (QED) is 0.279. The lowest BCUT2D eigenvalue weighted by atomic mass is 10.2. The first kappa shape index (κ1) is 19.7. The van der Waals surface area contributed by atoms with Crippen LogP contribution >= 0.6 is 12.2 Å². The molecule has 0 heterocycles. The second kappa shape index (κ2) is 11.2. The fraction of sp³-hybridized carbons (Fsp3) is 0.438. The van der Waals surface area contributed by atoms with Crippen LogP contribution in [-0.2, 0) is 20.7 Å². The molecule has 7 nitrogen and oxygen atoms in total. The molecule has 0 aliphatic carbocycles. The van der Waals surface area contributed by atoms with Crippen LogP contribution in [0, 0.1) is 0 Å². The molecule has 1 aromatic rings. The normalized spacial score (nSPS) is 9.75. The number of esters is 1. The maximum Gasteiger partial charge on any atom is 0.305 e. The van der Waals surface area contributed by atoms with E-state index in [4.69, 9.17) is 17.0 Å². The fourth-order valence-corrected chi connectivity index (χ4v) is 1.87. The molecule has 0 radical (unpaired) electrons. The topological polar surface area (TPSA) is 88.7 Å². The minimum atomic E-state index is -0.353. The van der Waals surface area contributed by atoms with Crippen molar-refractivity contribution in [1.82, 2.24) is 16.2 Å². The molecule has 0 aliphatic rings. The predicted octanol–water partition coefficient (Wildman–Crippen LogP) is 1.08. The highest BCUT2D eigenvalue weighted by molar-refractivity contribution is 7.80. The van der Waals surface area contributed by atoms with E-state index in [2.05, 4.69) is 27.8 Å². The van der Waals surface area contributed by atoms with Crippen LogP contribution in [-0.4, -0.2) is 37.3 Å². The van der Waals surface area contributed by atoms with Gasteiger partial charge in [-0.05, 0) is 42.8 Å². The highest BCUT2D eigenvalue weighted by Crippen LogP contribution is 2.12. The van der Waals surface area contributed by atoms with Gasteiger partial charge in [0.1, 0.15) is 5.75 Å². The van der Waals surface area contributed by atoms with E-state index >= 15 is 0 Å². The standard InChI is InChI=1S/C16H23N3O4S/c1-3-12-6-8-13(9-7-12)23-11-14(20)18-19-16(24)17-10-4-5-15(21)22-2/h6-9H,3-5,10-11H2,1-2H3,(H,18,20)(H2,17,19,24). The van der Waals surface area contributed by atoms with Gasteiger partial charge < -0.3 is 14.8 Å². The molecular formula is C16H23N3O4S. The first-order chi connectivity index (χ1) is 11.5. The molecule has 0 atom stereocenters. The Hall–Kier alpha value is -2.35. The van der Waals surface area contributed by atoms with Crippen LogP contribution in [0.25, 0.3) is 0 Å². The fourth-order valence-electron chi connectivity index (χ4n) is 1.71. The van der Waals surface area contributed by atoms with Gasteiger partial charge in [0.05, 0.1) is 7.11 Å². The average Bonchev–Trinajstić information content (AvgIpc) is 2.61. The summed E-state index contributed by atoms with van der Waals surface area (Å²) in [5.74, 6) is 0.00670. The lowest BCUT2D eigenvalue weighted by Gasteiger charge is -2.12. The number of ether oxygens (including phenoxy) is 2. The number of hydrogen-bond acceptors (Lipinski definition) is 5. The third kappa shape index (κ3) is 8.33. The van der Waals surface area contributed by atoms with Gasteiger partial charge in [0.15, 0.2) is 11.7 Å². The van der Waals surface area contributed by atoms with Gasteiger partial charge in [-0.2, -0.15) is 0 Å². The van der Waals surface area contributed by atoms with Crippen molar-refractivity contribution in [3.63, 3.8) is 0 Å². The van der Waals surface area contributed by atoms with Gasteiger partial charge in [0.25, 0.3) is 5.91 Å². The summed E-state index contributed by atoms with van der Waals surface area (Å²) in [6, 6.07) is 7.57. The highest BCUT2D eigenvalue weighted by Gasteiger charge is 2.04. The number of rotatable bonds is 8. The largest absolute Gasteiger partial charge is 0.484 e. The molecule has 3 N–H and O–H groups in total. The van der Waals surface area contributed by atoms with E-state index in [0.717, 1.165) is 6.42 Å². The molecule has 132 valence electrons. The number of benzene rings is 1. The van der Waals surface area contributed by atoms with Crippen LogP contribution in [0.15, 0.2) is 24.3 Å². The molecule has 0 fully saturated rings. The lowest BCUT2D eigenvalue weighted by Crippen LogP contribution is -2.48. The van der Waals surface area contributed by atoms with Gasteiger partial charge in [-0.1, -0.05) is 19.1 Å². The molecule has 1 aromatic carbocycles. The summed E-state index contributed by atoms with van der Waals surface area (Å²) in [4.78, 5) is 22.6. The van der Waals surface area contributed by atoms with Crippen molar-refractivity contribution in [2.75, 3.05) is 20.3 Å².